The Bertz CT molecular complexity index is 265. The van der Waals surface area contributed by atoms with Crippen LogP contribution in [0.4, 0.5) is 0 Å². The fraction of sp³-hybridized carbons (Fsp3) is 0.769. The molecule has 0 aromatic heterocycles. The molecule has 92 valence electrons. The summed E-state index contributed by atoms with van der Waals surface area (Å²) in [6, 6.07) is 0. The van der Waals surface area contributed by atoms with E-state index < -0.39 is 5.97 Å². The fourth-order valence-electron chi connectivity index (χ4n) is 2.27. The van der Waals surface area contributed by atoms with Crippen LogP contribution in [0.2, 0.25) is 0 Å². The highest BCUT2D eigenvalue weighted by molar-refractivity contribution is 5.85. The van der Waals surface area contributed by atoms with Crippen molar-refractivity contribution in [1.29, 1.82) is 0 Å². The first kappa shape index (κ1) is 13.2. The van der Waals surface area contributed by atoms with E-state index in [1.165, 1.54) is 32.1 Å². The number of carboxylic acids is 1. The fourth-order valence-corrected chi connectivity index (χ4v) is 2.27. The van der Waals surface area contributed by atoms with E-state index in [-0.39, 0.29) is 0 Å². The maximum absolute atomic E-state index is 10.6. The summed E-state index contributed by atoms with van der Waals surface area (Å²) in [6.45, 7) is 5.61. The summed E-state index contributed by atoms with van der Waals surface area (Å²) in [7, 11) is 0. The van der Waals surface area contributed by atoms with E-state index in [0.29, 0.717) is 17.5 Å². The second-order valence-electron chi connectivity index (χ2n) is 5.19. The SMILES string of the molecule is CC(=CCNCC1(C)CCCCC1)C(=O)O. The van der Waals surface area contributed by atoms with Crippen LogP contribution in [0.3, 0.4) is 0 Å². The van der Waals surface area contributed by atoms with Crippen molar-refractivity contribution in [3.05, 3.63) is 11.6 Å². The Balaban J connectivity index is 2.24. The minimum atomic E-state index is -0.828. The lowest BCUT2D eigenvalue weighted by Gasteiger charge is -2.33. The molecule has 1 saturated carbocycles. The molecular weight excluding hydrogens is 202 g/mol. The molecule has 0 unspecified atom stereocenters. The van der Waals surface area contributed by atoms with Crippen molar-refractivity contribution in [1.82, 2.24) is 5.32 Å². The van der Waals surface area contributed by atoms with Gasteiger partial charge in [-0.3, -0.25) is 0 Å². The molecule has 0 spiro atoms. The van der Waals surface area contributed by atoms with Crippen LogP contribution in [0.5, 0.6) is 0 Å². The molecule has 0 bridgehead atoms. The number of rotatable bonds is 5. The third-order valence-electron chi connectivity index (χ3n) is 3.50. The summed E-state index contributed by atoms with van der Waals surface area (Å²) in [4.78, 5) is 10.6. The Morgan fingerprint density at radius 3 is 2.56 bits per heavy atom. The highest BCUT2D eigenvalue weighted by Crippen LogP contribution is 2.34. The van der Waals surface area contributed by atoms with Crippen LogP contribution in [0.15, 0.2) is 11.6 Å². The monoisotopic (exact) mass is 225 g/mol. The number of hydrogen-bond acceptors (Lipinski definition) is 2. The summed E-state index contributed by atoms with van der Waals surface area (Å²) in [6.07, 6.45) is 8.37. The first-order chi connectivity index (χ1) is 7.53. The molecule has 0 aromatic carbocycles. The van der Waals surface area contributed by atoms with Crippen LogP contribution in [0.25, 0.3) is 0 Å². The molecule has 1 aliphatic rings. The van der Waals surface area contributed by atoms with Crippen LogP contribution in [-0.2, 0) is 4.79 Å². The maximum atomic E-state index is 10.6. The molecule has 2 N–H and O–H groups in total. The Kier molecular flexibility index (Phi) is 5.00. The normalized spacial score (nSPS) is 20.8. The maximum Gasteiger partial charge on any atom is 0.330 e. The number of carbonyl (C=O) groups is 1. The largest absolute Gasteiger partial charge is 0.478 e. The summed E-state index contributed by atoms with van der Waals surface area (Å²) >= 11 is 0. The van der Waals surface area contributed by atoms with Gasteiger partial charge in [0.15, 0.2) is 0 Å². The van der Waals surface area contributed by atoms with Gasteiger partial charge in [-0.05, 0) is 25.2 Å². The first-order valence-corrected chi connectivity index (χ1v) is 6.14. The van der Waals surface area contributed by atoms with Gasteiger partial charge >= 0.3 is 5.97 Å². The molecule has 1 fully saturated rings. The van der Waals surface area contributed by atoms with Gasteiger partial charge in [-0.1, -0.05) is 32.3 Å². The second kappa shape index (κ2) is 6.04. The number of hydrogen-bond donors (Lipinski definition) is 2. The van der Waals surface area contributed by atoms with Crippen molar-refractivity contribution in [2.45, 2.75) is 46.0 Å². The molecule has 0 aromatic rings. The molecule has 16 heavy (non-hydrogen) atoms. The topological polar surface area (TPSA) is 49.3 Å². The van der Waals surface area contributed by atoms with Crippen LogP contribution >= 0.6 is 0 Å². The Morgan fingerprint density at radius 1 is 1.38 bits per heavy atom. The minimum absolute atomic E-state index is 0.418. The van der Waals surface area contributed by atoms with Crippen molar-refractivity contribution in [3.8, 4) is 0 Å². The van der Waals surface area contributed by atoms with Gasteiger partial charge in [0.2, 0.25) is 0 Å². The van der Waals surface area contributed by atoms with E-state index in [2.05, 4.69) is 12.2 Å². The van der Waals surface area contributed by atoms with E-state index in [1.807, 2.05) is 0 Å². The van der Waals surface area contributed by atoms with Gasteiger partial charge in [-0.2, -0.15) is 0 Å². The molecule has 0 aliphatic heterocycles. The van der Waals surface area contributed by atoms with Crippen molar-refractivity contribution >= 4 is 5.97 Å². The van der Waals surface area contributed by atoms with Gasteiger partial charge in [0.25, 0.3) is 0 Å². The summed E-state index contributed by atoms with van der Waals surface area (Å²) < 4.78 is 0. The summed E-state index contributed by atoms with van der Waals surface area (Å²) in [5, 5.41) is 12.0. The average Bonchev–Trinajstić information content (AvgIpc) is 2.25. The van der Waals surface area contributed by atoms with Crippen LogP contribution in [0, 0.1) is 5.41 Å². The quantitative estimate of drug-likeness (QED) is 0.558. The molecule has 3 nitrogen and oxygen atoms in total. The lowest BCUT2D eigenvalue weighted by Crippen LogP contribution is -2.33. The van der Waals surface area contributed by atoms with E-state index in [1.54, 1.807) is 13.0 Å². The Labute approximate surface area is 97.9 Å². The molecule has 0 atom stereocenters. The smallest absolute Gasteiger partial charge is 0.330 e. The highest BCUT2D eigenvalue weighted by atomic mass is 16.4. The molecule has 1 rings (SSSR count). The van der Waals surface area contributed by atoms with E-state index in [0.717, 1.165) is 6.54 Å². The molecule has 1 aliphatic carbocycles. The zero-order valence-corrected chi connectivity index (χ0v) is 10.4. The molecule has 3 heteroatoms. The van der Waals surface area contributed by atoms with Crippen LogP contribution < -0.4 is 5.32 Å². The lowest BCUT2D eigenvalue weighted by molar-refractivity contribution is -0.132. The van der Waals surface area contributed by atoms with Gasteiger partial charge in [0.1, 0.15) is 0 Å². The number of aliphatic carboxylic acids is 1. The first-order valence-electron chi connectivity index (χ1n) is 6.14. The van der Waals surface area contributed by atoms with Crippen molar-refractivity contribution in [2.75, 3.05) is 13.1 Å². The molecule has 0 radical (unpaired) electrons. The summed E-state index contributed by atoms with van der Waals surface area (Å²) in [5.74, 6) is -0.828. The summed E-state index contributed by atoms with van der Waals surface area (Å²) in [5.41, 5.74) is 0.838. The molecule has 0 amide bonds. The van der Waals surface area contributed by atoms with Gasteiger partial charge in [-0.25, -0.2) is 4.79 Å². The minimum Gasteiger partial charge on any atom is -0.478 e. The van der Waals surface area contributed by atoms with Gasteiger partial charge < -0.3 is 10.4 Å². The number of carboxylic acid groups (broad SMARTS) is 1. The highest BCUT2D eigenvalue weighted by Gasteiger charge is 2.25. The van der Waals surface area contributed by atoms with E-state index >= 15 is 0 Å². The average molecular weight is 225 g/mol. The predicted octanol–water partition coefficient (Wildman–Crippen LogP) is 2.58. The zero-order valence-electron chi connectivity index (χ0n) is 10.4. The van der Waals surface area contributed by atoms with Crippen molar-refractivity contribution in [3.63, 3.8) is 0 Å². The standard InChI is InChI=1S/C13H23NO2/c1-11(12(15)16)6-9-14-10-13(2)7-4-3-5-8-13/h6,14H,3-5,7-10H2,1-2H3,(H,15,16). The van der Waals surface area contributed by atoms with E-state index in [9.17, 15) is 4.79 Å². The lowest BCUT2D eigenvalue weighted by atomic mass is 9.76. The van der Waals surface area contributed by atoms with Crippen LogP contribution in [-0.4, -0.2) is 24.2 Å². The van der Waals surface area contributed by atoms with Gasteiger partial charge in [0, 0.05) is 18.7 Å². The third-order valence-corrected chi connectivity index (χ3v) is 3.50. The Hall–Kier alpha value is -0.830. The third kappa shape index (κ3) is 4.35. The van der Waals surface area contributed by atoms with Crippen molar-refractivity contribution < 1.29 is 9.90 Å². The Morgan fingerprint density at radius 2 is 2.00 bits per heavy atom. The molecular formula is C13H23NO2. The second-order valence-corrected chi connectivity index (χ2v) is 5.19. The zero-order chi connectivity index (χ0) is 12.0. The molecule has 0 saturated heterocycles. The molecule has 0 heterocycles. The van der Waals surface area contributed by atoms with Crippen LogP contribution in [0.1, 0.15) is 46.0 Å². The predicted molar refractivity (Wildman–Crippen MR) is 65.5 cm³/mol. The van der Waals surface area contributed by atoms with Gasteiger partial charge in [-0.15, -0.1) is 0 Å². The number of nitrogens with one attached hydrogen (secondary N) is 1. The van der Waals surface area contributed by atoms with Crippen molar-refractivity contribution in [2.24, 2.45) is 5.41 Å². The van der Waals surface area contributed by atoms with E-state index in [4.69, 9.17) is 5.11 Å². The van der Waals surface area contributed by atoms with Gasteiger partial charge in [0.05, 0.1) is 0 Å².